The van der Waals surface area contributed by atoms with E-state index in [1.807, 2.05) is 13.8 Å². The summed E-state index contributed by atoms with van der Waals surface area (Å²) in [6, 6.07) is 1.03. The van der Waals surface area contributed by atoms with E-state index in [-0.39, 0.29) is 5.28 Å². The summed E-state index contributed by atoms with van der Waals surface area (Å²) >= 11 is 0. The molecule has 0 fully saturated rings. The van der Waals surface area contributed by atoms with Crippen LogP contribution < -0.4 is 0 Å². The Labute approximate surface area is 115 Å². The maximum absolute atomic E-state index is 13.1. The molecule has 6 heteroatoms. The van der Waals surface area contributed by atoms with Gasteiger partial charge in [-0.25, -0.2) is 0 Å². The largest absolute Gasteiger partial charge is 0.330 e. The number of rotatable bonds is 8. The van der Waals surface area contributed by atoms with Gasteiger partial charge in [-0.1, -0.05) is 39.3 Å². The lowest BCUT2D eigenvalue weighted by Gasteiger charge is -2.37. The topological polar surface area (TPSA) is 35.5 Å². The molecule has 1 atom stereocenters. The van der Waals surface area contributed by atoms with Crippen molar-refractivity contribution in [2.45, 2.75) is 64.5 Å². The van der Waals surface area contributed by atoms with Crippen LogP contribution in [-0.4, -0.2) is 34.6 Å². The molecule has 0 aromatic heterocycles. The first kappa shape index (κ1) is 18.6. The molecule has 0 amide bonds. The van der Waals surface area contributed by atoms with Crippen LogP contribution in [0.15, 0.2) is 0 Å². The molecule has 0 radical (unpaired) electrons. The average molecular weight is 311 g/mol. The smallest absolute Gasteiger partial charge is 0.309 e. The van der Waals surface area contributed by atoms with Crippen molar-refractivity contribution >= 4 is 23.7 Å². The minimum absolute atomic E-state index is 0.122. The minimum atomic E-state index is -2.95. The SMILES string of the molecule is CCOP(=O)(OCC)C(C[Si](C)(C)C)[Si](C)(C)C. The zero-order valence-corrected chi connectivity index (χ0v) is 16.3. The lowest BCUT2D eigenvalue weighted by atomic mass is 10.9. The Morgan fingerprint density at radius 2 is 1.33 bits per heavy atom. The lowest BCUT2D eigenvalue weighted by Crippen LogP contribution is -2.43. The fourth-order valence-corrected chi connectivity index (χ4v) is 15.4. The van der Waals surface area contributed by atoms with E-state index in [9.17, 15) is 4.57 Å². The third-order valence-corrected chi connectivity index (χ3v) is 12.8. The molecule has 0 aliphatic carbocycles. The van der Waals surface area contributed by atoms with Gasteiger partial charge in [0.25, 0.3) is 0 Å². The van der Waals surface area contributed by atoms with Crippen LogP contribution in [0.4, 0.5) is 0 Å². The molecule has 18 heavy (non-hydrogen) atoms. The minimum Gasteiger partial charge on any atom is -0.309 e. The van der Waals surface area contributed by atoms with Crippen molar-refractivity contribution in [2.75, 3.05) is 13.2 Å². The second-order valence-electron chi connectivity index (χ2n) is 7.02. The monoisotopic (exact) mass is 310 g/mol. The molecular weight excluding hydrogens is 279 g/mol. The van der Waals surface area contributed by atoms with Gasteiger partial charge in [0.15, 0.2) is 0 Å². The van der Waals surface area contributed by atoms with Gasteiger partial charge in [-0.05, 0) is 19.9 Å². The maximum Gasteiger partial charge on any atom is 0.330 e. The molecule has 0 N–H and O–H groups in total. The Hall–Kier alpha value is 0.584. The molecule has 0 spiro atoms. The standard InChI is InChI=1S/C12H31O3PSi2/c1-9-14-16(13,15-10-2)12(18(6,7)8)11-17(3,4)5/h12H,9-11H2,1-8H3. The van der Waals surface area contributed by atoms with Crippen LogP contribution in [0.5, 0.6) is 0 Å². The van der Waals surface area contributed by atoms with Crippen molar-refractivity contribution in [3.8, 4) is 0 Å². The van der Waals surface area contributed by atoms with Crippen LogP contribution in [0.3, 0.4) is 0 Å². The van der Waals surface area contributed by atoms with Crippen LogP contribution in [-0.2, 0) is 13.6 Å². The predicted molar refractivity (Wildman–Crippen MR) is 86.1 cm³/mol. The second-order valence-corrected chi connectivity index (χ2v) is 20.7. The van der Waals surface area contributed by atoms with Crippen molar-refractivity contribution < 1.29 is 13.6 Å². The summed E-state index contributed by atoms with van der Waals surface area (Å²) in [6.07, 6.45) is 0. The summed E-state index contributed by atoms with van der Waals surface area (Å²) in [4.78, 5) is 0. The first-order valence-corrected chi connectivity index (χ1v) is 15.7. The van der Waals surface area contributed by atoms with E-state index in [1.165, 1.54) is 0 Å². The summed E-state index contributed by atoms with van der Waals surface area (Å²) in [5.41, 5.74) is 0. The average Bonchev–Trinajstić information content (AvgIpc) is 2.12. The van der Waals surface area contributed by atoms with Gasteiger partial charge in [-0.15, -0.1) is 0 Å². The van der Waals surface area contributed by atoms with Gasteiger partial charge >= 0.3 is 7.60 Å². The quantitative estimate of drug-likeness (QED) is 0.475. The molecule has 0 bridgehead atoms. The first-order valence-electron chi connectivity index (χ1n) is 6.85. The lowest BCUT2D eigenvalue weighted by molar-refractivity contribution is 0.218. The van der Waals surface area contributed by atoms with E-state index < -0.39 is 23.7 Å². The maximum atomic E-state index is 13.1. The van der Waals surface area contributed by atoms with E-state index in [2.05, 4.69) is 39.3 Å². The van der Waals surface area contributed by atoms with Crippen LogP contribution in [0.25, 0.3) is 0 Å². The van der Waals surface area contributed by atoms with Gasteiger partial charge in [0, 0.05) is 8.07 Å². The molecule has 0 heterocycles. The summed E-state index contributed by atoms with van der Waals surface area (Å²) in [7, 11) is -5.83. The molecule has 0 aliphatic rings. The highest BCUT2D eigenvalue weighted by Crippen LogP contribution is 2.58. The van der Waals surface area contributed by atoms with Crippen molar-refractivity contribution in [3.05, 3.63) is 0 Å². The Balaban J connectivity index is 5.32. The van der Waals surface area contributed by atoms with E-state index in [0.29, 0.717) is 13.2 Å². The highest BCUT2D eigenvalue weighted by atomic mass is 31.2. The molecule has 0 saturated heterocycles. The Bertz CT molecular complexity index is 285. The Morgan fingerprint density at radius 3 is 1.56 bits per heavy atom. The summed E-state index contributed by atoms with van der Waals surface area (Å²) in [6.45, 7) is 18.5. The van der Waals surface area contributed by atoms with E-state index in [4.69, 9.17) is 9.05 Å². The molecule has 0 saturated carbocycles. The van der Waals surface area contributed by atoms with Gasteiger partial charge in [0.2, 0.25) is 0 Å². The second kappa shape index (κ2) is 6.84. The molecule has 110 valence electrons. The van der Waals surface area contributed by atoms with Crippen LogP contribution in [0, 0.1) is 0 Å². The molecular formula is C12H31O3PSi2. The van der Waals surface area contributed by atoms with E-state index >= 15 is 0 Å². The van der Waals surface area contributed by atoms with E-state index in [1.54, 1.807) is 0 Å². The van der Waals surface area contributed by atoms with Gasteiger partial charge in [-0.2, -0.15) is 0 Å². The van der Waals surface area contributed by atoms with Crippen molar-refractivity contribution in [1.29, 1.82) is 0 Å². The van der Waals surface area contributed by atoms with Crippen LogP contribution in [0.2, 0.25) is 45.3 Å². The Morgan fingerprint density at radius 1 is 0.944 bits per heavy atom. The number of hydrogen-bond acceptors (Lipinski definition) is 3. The highest BCUT2D eigenvalue weighted by molar-refractivity contribution is 7.58. The molecule has 0 aliphatic heterocycles. The molecule has 0 aromatic carbocycles. The Kier molecular flexibility index (Phi) is 7.06. The summed E-state index contributed by atoms with van der Waals surface area (Å²) in [5, 5.41) is 0.122. The van der Waals surface area contributed by atoms with Crippen LogP contribution in [0.1, 0.15) is 13.8 Å². The predicted octanol–water partition coefficient (Wildman–Crippen LogP) is 4.84. The van der Waals surface area contributed by atoms with Gasteiger partial charge in [0.05, 0.1) is 26.6 Å². The van der Waals surface area contributed by atoms with Crippen molar-refractivity contribution in [2.24, 2.45) is 0 Å². The number of hydrogen-bond donors (Lipinski definition) is 0. The molecule has 0 aromatic rings. The molecule has 0 rings (SSSR count). The normalized spacial score (nSPS) is 15.8. The fraction of sp³-hybridized carbons (Fsp3) is 1.00. The van der Waals surface area contributed by atoms with Crippen LogP contribution >= 0.6 is 7.60 Å². The van der Waals surface area contributed by atoms with Crippen molar-refractivity contribution in [1.82, 2.24) is 0 Å². The van der Waals surface area contributed by atoms with E-state index in [0.717, 1.165) is 6.04 Å². The summed E-state index contributed by atoms with van der Waals surface area (Å²) in [5.74, 6) is 0. The third-order valence-electron chi connectivity index (χ3n) is 2.81. The molecule has 1 unspecified atom stereocenters. The highest BCUT2D eigenvalue weighted by Gasteiger charge is 2.46. The van der Waals surface area contributed by atoms with Gasteiger partial charge in [-0.3, -0.25) is 4.57 Å². The third kappa shape index (κ3) is 6.15. The van der Waals surface area contributed by atoms with Gasteiger partial charge in [0.1, 0.15) is 0 Å². The molecule has 3 nitrogen and oxygen atoms in total. The fourth-order valence-electron chi connectivity index (χ4n) is 2.05. The first-order chi connectivity index (χ1) is 7.96. The zero-order chi connectivity index (χ0) is 14.6. The zero-order valence-electron chi connectivity index (χ0n) is 13.4. The summed E-state index contributed by atoms with van der Waals surface area (Å²) < 4.78 is 24.2. The van der Waals surface area contributed by atoms with Gasteiger partial charge < -0.3 is 9.05 Å². The van der Waals surface area contributed by atoms with Crippen molar-refractivity contribution in [3.63, 3.8) is 0 Å².